The fourth-order valence-electron chi connectivity index (χ4n) is 3.76. The van der Waals surface area contributed by atoms with E-state index in [2.05, 4.69) is 24.2 Å². The Morgan fingerprint density at radius 2 is 1.66 bits per heavy atom. The maximum Gasteiger partial charge on any atom is 0.573 e. The summed E-state index contributed by atoms with van der Waals surface area (Å²) in [6, 6.07) is 5.90. The first-order valence-electron chi connectivity index (χ1n) is 10.8. The Bertz CT molecular complexity index is 1390. The van der Waals surface area contributed by atoms with Crippen LogP contribution >= 0.6 is 0 Å². The first kappa shape index (κ1) is 27.5. The van der Waals surface area contributed by atoms with Crippen molar-refractivity contribution in [3.63, 3.8) is 0 Å². The van der Waals surface area contributed by atoms with Gasteiger partial charge < -0.3 is 14.6 Å². The fraction of sp³-hybridized carbons (Fsp3) is 0.364. The van der Waals surface area contributed by atoms with E-state index in [0.717, 1.165) is 24.3 Å². The molecular weight excluding hydrogens is 546 g/mol. The van der Waals surface area contributed by atoms with E-state index in [0.29, 0.717) is 5.56 Å². The summed E-state index contributed by atoms with van der Waals surface area (Å²) in [6.45, 7) is 2.77. The molecule has 0 saturated carbocycles. The van der Waals surface area contributed by atoms with Crippen LogP contribution in [0.5, 0.6) is 11.5 Å². The van der Waals surface area contributed by atoms with Crippen LogP contribution in [0.4, 0.5) is 26.3 Å². The first-order valence-corrected chi connectivity index (χ1v) is 12.3. The summed E-state index contributed by atoms with van der Waals surface area (Å²) in [5.41, 5.74) is -1.85. The van der Waals surface area contributed by atoms with Gasteiger partial charge in [-0.2, -0.15) is 21.6 Å². The molecule has 2 aromatic rings. The molecule has 1 saturated heterocycles. The van der Waals surface area contributed by atoms with Gasteiger partial charge in [0.2, 0.25) is 0 Å². The number of amidine groups is 2. The molecule has 206 valence electrons. The summed E-state index contributed by atoms with van der Waals surface area (Å²) in [7, 11) is -4.18. The molecule has 16 heteroatoms. The Hall–Kier alpha value is -3.53. The van der Waals surface area contributed by atoms with Gasteiger partial charge >= 0.3 is 22.7 Å². The average Bonchev–Trinajstić information content (AvgIpc) is 3.07. The number of ether oxygens (including phenoxy) is 2. The summed E-state index contributed by atoms with van der Waals surface area (Å²) < 4.78 is 115. The monoisotopic (exact) mass is 566 g/mol. The Morgan fingerprint density at radius 3 is 2.26 bits per heavy atom. The number of nitrogens with one attached hydrogen (secondary N) is 2. The fourth-order valence-corrected chi connectivity index (χ4v) is 4.63. The van der Waals surface area contributed by atoms with Crippen molar-refractivity contribution < 1.29 is 49.3 Å². The van der Waals surface area contributed by atoms with E-state index in [1.165, 1.54) is 32.0 Å². The molecule has 0 unspecified atom stereocenters. The van der Waals surface area contributed by atoms with Gasteiger partial charge in [-0.25, -0.2) is 9.44 Å². The lowest BCUT2D eigenvalue weighted by Crippen LogP contribution is -2.48. The van der Waals surface area contributed by atoms with Crippen molar-refractivity contribution >= 4 is 21.9 Å². The number of aliphatic imine (C=N–C) groups is 2. The van der Waals surface area contributed by atoms with Crippen LogP contribution in [0.15, 0.2) is 52.4 Å². The molecule has 9 nitrogen and oxygen atoms in total. The second kappa shape index (κ2) is 9.34. The van der Waals surface area contributed by atoms with Crippen molar-refractivity contribution in [1.29, 1.82) is 0 Å². The van der Waals surface area contributed by atoms with Gasteiger partial charge in [0.05, 0.1) is 12.1 Å². The van der Waals surface area contributed by atoms with E-state index in [9.17, 15) is 39.9 Å². The molecule has 2 heterocycles. The van der Waals surface area contributed by atoms with Crippen LogP contribution in [-0.2, 0) is 22.9 Å². The smallest absolute Gasteiger partial charge is 0.485 e. The van der Waals surface area contributed by atoms with Crippen LogP contribution in [0.25, 0.3) is 0 Å². The highest BCUT2D eigenvalue weighted by molar-refractivity contribution is 7.89. The van der Waals surface area contributed by atoms with E-state index in [1.807, 2.05) is 0 Å². The predicted octanol–water partition coefficient (Wildman–Crippen LogP) is 3.61. The van der Waals surface area contributed by atoms with Gasteiger partial charge in [-0.1, -0.05) is 12.1 Å². The number of hydrogen-bond acceptors (Lipinski definition) is 7. The van der Waals surface area contributed by atoms with Gasteiger partial charge in [0.15, 0.2) is 11.7 Å². The zero-order valence-electron chi connectivity index (χ0n) is 19.6. The Balaban J connectivity index is 1.70. The topological polar surface area (TPSA) is 122 Å². The molecule has 0 bridgehead atoms. The van der Waals surface area contributed by atoms with Crippen LogP contribution in [0, 0.1) is 0 Å². The lowest BCUT2D eigenvalue weighted by Gasteiger charge is -2.40. The highest BCUT2D eigenvalue weighted by Crippen LogP contribution is 2.44. The average molecular weight is 566 g/mol. The molecule has 4 rings (SSSR count). The van der Waals surface area contributed by atoms with E-state index in [1.54, 1.807) is 0 Å². The van der Waals surface area contributed by atoms with Gasteiger partial charge in [0, 0.05) is 5.56 Å². The zero-order valence-corrected chi connectivity index (χ0v) is 20.4. The molecule has 2 aromatic carbocycles. The van der Waals surface area contributed by atoms with E-state index in [4.69, 9.17) is 4.74 Å². The Morgan fingerprint density at radius 1 is 1.03 bits per heavy atom. The number of hydrogen-bond donors (Lipinski definition) is 3. The molecule has 2 aliphatic rings. The second-order valence-electron chi connectivity index (χ2n) is 8.89. The molecule has 0 amide bonds. The highest BCUT2D eigenvalue weighted by atomic mass is 32.2. The van der Waals surface area contributed by atoms with Crippen molar-refractivity contribution in [1.82, 2.24) is 9.44 Å². The van der Waals surface area contributed by atoms with Crippen LogP contribution in [0.1, 0.15) is 36.6 Å². The minimum absolute atomic E-state index is 0.0146. The number of rotatable bonds is 4. The molecule has 0 aliphatic carbocycles. The highest BCUT2D eigenvalue weighted by Gasteiger charge is 2.45. The van der Waals surface area contributed by atoms with Crippen LogP contribution in [0.3, 0.4) is 0 Å². The molecule has 2 atom stereocenters. The number of nitrogens with zero attached hydrogens (tertiary/aromatic N) is 2. The molecule has 3 N–H and O–H groups in total. The van der Waals surface area contributed by atoms with Gasteiger partial charge in [-0.15, -0.1) is 13.2 Å². The predicted molar refractivity (Wildman–Crippen MR) is 122 cm³/mol. The molecule has 0 radical (unpaired) electrons. The molecule has 1 fully saturated rings. The van der Waals surface area contributed by atoms with Crippen LogP contribution in [-0.4, -0.2) is 43.3 Å². The minimum atomic E-state index is -4.99. The van der Waals surface area contributed by atoms with Crippen LogP contribution in [0.2, 0.25) is 0 Å². The molecule has 0 spiro atoms. The summed E-state index contributed by atoms with van der Waals surface area (Å²) >= 11 is 0. The van der Waals surface area contributed by atoms with Gasteiger partial charge in [-0.05, 0) is 49.7 Å². The number of aliphatic hydroxyl groups excluding tert-OH is 1. The third kappa shape index (κ3) is 6.12. The van der Waals surface area contributed by atoms with Crippen molar-refractivity contribution in [2.45, 2.75) is 50.7 Å². The molecule has 38 heavy (non-hydrogen) atoms. The number of halogens is 6. The maximum absolute atomic E-state index is 12.8. The van der Waals surface area contributed by atoms with Crippen molar-refractivity contribution in [3.05, 3.63) is 59.2 Å². The third-order valence-corrected chi connectivity index (χ3v) is 6.50. The summed E-state index contributed by atoms with van der Waals surface area (Å²) in [4.78, 5) is 8.32. The third-order valence-electron chi connectivity index (χ3n) is 5.57. The number of fused-ring (bicyclic) bond motifs is 1. The van der Waals surface area contributed by atoms with Crippen LogP contribution < -0.4 is 18.9 Å². The number of alkyl halides is 6. The van der Waals surface area contributed by atoms with Gasteiger partial charge in [0.1, 0.15) is 29.2 Å². The van der Waals surface area contributed by atoms with Crippen molar-refractivity contribution in [2.75, 3.05) is 0 Å². The second-order valence-corrected chi connectivity index (χ2v) is 10.3. The summed E-state index contributed by atoms with van der Waals surface area (Å²) in [5.74, 6) is -1.21. The van der Waals surface area contributed by atoms with E-state index >= 15 is 0 Å². The van der Waals surface area contributed by atoms with E-state index in [-0.39, 0.29) is 29.5 Å². The summed E-state index contributed by atoms with van der Waals surface area (Å²) in [6.07, 6.45) is -11.0. The lowest BCUT2D eigenvalue weighted by atomic mass is 9.87. The largest absolute Gasteiger partial charge is 0.573 e. The van der Waals surface area contributed by atoms with Gasteiger partial charge in [0.25, 0.3) is 0 Å². The number of aliphatic hydroxyl groups is 1. The van der Waals surface area contributed by atoms with Crippen molar-refractivity contribution in [2.24, 2.45) is 9.98 Å². The quantitative estimate of drug-likeness (QED) is 0.489. The lowest BCUT2D eigenvalue weighted by molar-refractivity contribution is -0.274. The summed E-state index contributed by atoms with van der Waals surface area (Å²) in [5, 5.41) is 10.9. The zero-order chi connectivity index (χ0) is 28.1. The normalized spacial score (nSPS) is 24.3. The maximum atomic E-state index is 12.8. The Kier molecular flexibility index (Phi) is 6.76. The van der Waals surface area contributed by atoms with Gasteiger partial charge in [-0.3, -0.25) is 9.98 Å². The standard InChI is InChI=1S/C22H20F6N4O5S/c1-20(2)17(33)16(14-9-13(36-22(26,27)28)7-8-15(14)37-20)30-19-18(31-38(34,35)32-19)29-10-11-3-5-12(6-4-11)21(23,24)25/h3-9,16-17,33H,10H2,1-2H3,(H,29,31)(H,30,32)/t16-,17+/m1/s1. The first-order chi connectivity index (χ1) is 17.4. The van der Waals surface area contributed by atoms with E-state index < -0.39 is 51.8 Å². The minimum Gasteiger partial charge on any atom is -0.485 e. The molecule has 0 aromatic heterocycles. The SMILES string of the molecule is CC1(C)Oc2ccc(OC(F)(F)F)cc2[C@@H](N=C2NS(=O)(=O)NC2=NCc2ccc(C(F)(F)F)cc2)[C@@H]1O. The van der Waals surface area contributed by atoms with Crippen molar-refractivity contribution in [3.8, 4) is 11.5 Å². The Labute approximate surface area is 212 Å². The molecule has 2 aliphatic heterocycles. The number of benzene rings is 2. The molecular formula is C22H20F6N4O5S.